The molecule has 4 aromatic rings. The minimum atomic E-state index is -0.913. The molecule has 0 bridgehead atoms. The molecular weight excluding hydrogens is 488 g/mol. The molecule has 37 heavy (non-hydrogen) atoms. The Labute approximate surface area is 220 Å². The van der Waals surface area contributed by atoms with Gasteiger partial charge in [-0.15, -0.1) is 0 Å². The van der Waals surface area contributed by atoms with Crippen molar-refractivity contribution < 1.29 is 14.4 Å². The average Bonchev–Trinajstić information content (AvgIpc) is 3.25. The van der Waals surface area contributed by atoms with Crippen LogP contribution in [0, 0.1) is 0 Å². The van der Waals surface area contributed by atoms with Gasteiger partial charge in [-0.25, -0.2) is 4.68 Å². The maximum atomic E-state index is 13.2. The molecule has 0 aliphatic heterocycles. The third kappa shape index (κ3) is 6.37. The van der Waals surface area contributed by atoms with E-state index in [2.05, 4.69) is 29.9 Å². The van der Waals surface area contributed by atoms with Crippen molar-refractivity contribution >= 4 is 51.6 Å². The molecule has 1 heterocycles. The largest absolute Gasteiger partial charge is 0.328 e. The van der Waals surface area contributed by atoms with Gasteiger partial charge in [-0.3, -0.25) is 19.8 Å². The fourth-order valence-corrected chi connectivity index (χ4v) is 4.15. The molecule has 0 aliphatic rings. The zero-order valence-electron chi connectivity index (χ0n) is 20.8. The Balaban J connectivity index is 1.53. The van der Waals surface area contributed by atoms with Gasteiger partial charge >= 0.3 is 11.8 Å². The number of nitrogens with one attached hydrogen (secondary N) is 3. The van der Waals surface area contributed by atoms with Crippen molar-refractivity contribution in [3.05, 3.63) is 94.6 Å². The maximum absolute atomic E-state index is 13.2. The first kappa shape index (κ1) is 26.0. The van der Waals surface area contributed by atoms with E-state index in [1.807, 2.05) is 36.4 Å². The summed E-state index contributed by atoms with van der Waals surface area (Å²) in [5, 5.41) is 6.58. The molecule has 8 heteroatoms. The Morgan fingerprint density at radius 3 is 2.08 bits per heavy atom. The lowest BCUT2D eigenvalue weighted by molar-refractivity contribution is -0.133. The number of amides is 3. The van der Waals surface area contributed by atoms with Crippen molar-refractivity contribution in [2.45, 2.75) is 39.5 Å². The highest BCUT2D eigenvalue weighted by molar-refractivity contribution is 6.42. The van der Waals surface area contributed by atoms with E-state index in [0.29, 0.717) is 27.3 Å². The van der Waals surface area contributed by atoms with Crippen LogP contribution >= 0.6 is 11.6 Å². The van der Waals surface area contributed by atoms with Gasteiger partial charge in [0.2, 0.25) is 0 Å². The smallest absolute Gasteiger partial charge is 0.321 e. The molecule has 0 saturated carbocycles. The summed E-state index contributed by atoms with van der Waals surface area (Å²) in [4.78, 5) is 38.7. The van der Waals surface area contributed by atoms with E-state index in [1.165, 1.54) is 10.2 Å². The second kappa shape index (κ2) is 11.8. The molecule has 0 unspecified atom stereocenters. The molecule has 0 radical (unpaired) electrons. The molecule has 3 N–H and O–H groups in total. The Kier molecular flexibility index (Phi) is 8.25. The third-order valence-corrected chi connectivity index (χ3v) is 6.30. The van der Waals surface area contributed by atoms with Gasteiger partial charge in [0, 0.05) is 21.8 Å². The zero-order valence-corrected chi connectivity index (χ0v) is 21.6. The van der Waals surface area contributed by atoms with Crippen molar-refractivity contribution in [3.63, 3.8) is 0 Å². The van der Waals surface area contributed by atoms with Gasteiger partial charge in [-0.1, -0.05) is 56.1 Å². The van der Waals surface area contributed by atoms with Crippen LogP contribution in [0.25, 0.3) is 10.9 Å². The van der Waals surface area contributed by atoms with Gasteiger partial charge in [0.1, 0.15) is 5.69 Å². The number of rotatable bonds is 8. The Hall–Kier alpha value is -4.10. The Morgan fingerprint density at radius 1 is 0.784 bits per heavy atom. The monoisotopic (exact) mass is 516 g/mol. The molecule has 190 valence electrons. The normalized spacial score (nSPS) is 10.8. The fourth-order valence-electron chi connectivity index (χ4n) is 3.97. The van der Waals surface area contributed by atoms with E-state index < -0.39 is 17.7 Å². The van der Waals surface area contributed by atoms with Crippen LogP contribution < -0.4 is 16.1 Å². The highest BCUT2D eigenvalue weighted by Gasteiger charge is 2.21. The molecule has 0 atom stereocenters. The predicted molar refractivity (Wildman–Crippen MR) is 149 cm³/mol. The first-order valence-corrected chi connectivity index (χ1v) is 12.7. The first-order valence-electron chi connectivity index (χ1n) is 12.3. The summed E-state index contributed by atoms with van der Waals surface area (Å²) in [7, 11) is 0. The summed E-state index contributed by atoms with van der Waals surface area (Å²) in [5.41, 5.74) is 6.68. The van der Waals surface area contributed by atoms with E-state index in [1.54, 1.807) is 36.4 Å². The fraction of sp³-hybridized carbons (Fsp3) is 0.207. The number of carbonyl (C=O) groups is 3. The quantitative estimate of drug-likeness (QED) is 0.245. The highest BCUT2D eigenvalue weighted by Crippen LogP contribution is 2.24. The number of fused-ring (bicyclic) bond motifs is 1. The molecular formula is C29H29ClN4O3. The van der Waals surface area contributed by atoms with Crippen LogP contribution in [0.3, 0.4) is 0 Å². The van der Waals surface area contributed by atoms with Crippen LogP contribution in [0.15, 0.2) is 72.8 Å². The van der Waals surface area contributed by atoms with E-state index >= 15 is 0 Å². The van der Waals surface area contributed by atoms with Crippen LogP contribution in [0.1, 0.15) is 48.3 Å². The number of aryl methyl sites for hydroxylation is 2. The van der Waals surface area contributed by atoms with Gasteiger partial charge in [0.15, 0.2) is 0 Å². The predicted octanol–water partition coefficient (Wildman–Crippen LogP) is 6.16. The number of benzene rings is 3. The number of aromatic nitrogens is 1. The second-order valence-corrected chi connectivity index (χ2v) is 9.20. The van der Waals surface area contributed by atoms with Gasteiger partial charge < -0.3 is 10.6 Å². The van der Waals surface area contributed by atoms with E-state index in [0.717, 1.165) is 31.2 Å². The van der Waals surface area contributed by atoms with Crippen molar-refractivity contribution in [2.75, 3.05) is 16.1 Å². The molecule has 7 nitrogen and oxygen atoms in total. The van der Waals surface area contributed by atoms with Crippen molar-refractivity contribution in [2.24, 2.45) is 0 Å². The minimum absolute atomic E-state index is 0.151. The summed E-state index contributed by atoms with van der Waals surface area (Å²) in [5.74, 6) is -2.21. The minimum Gasteiger partial charge on any atom is -0.321 e. The standard InChI is InChI=1S/C29H29ClN4O3/c1-3-5-6-20-9-14-24(15-10-20)32-28(36)29(37)33-34-25-16-11-22(30)17-21(25)18-26(34)27(35)31-23-12-7-19(4-2)8-13-23/h7-18H,3-6H2,1-2H3,(H,31,35)(H,32,36)(H,33,37). The van der Waals surface area contributed by atoms with E-state index in [-0.39, 0.29) is 5.69 Å². The molecule has 0 spiro atoms. The summed E-state index contributed by atoms with van der Waals surface area (Å²) in [6.07, 6.45) is 4.04. The number of halogens is 1. The number of hydrogen-bond acceptors (Lipinski definition) is 3. The van der Waals surface area contributed by atoms with Crippen LogP contribution in [-0.4, -0.2) is 22.4 Å². The average molecular weight is 517 g/mol. The van der Waals surface area contributed by atoms with Crippen LogP contribution in [0.5, 0.6) is 0 Å². The van der Waals surface area contributed by atoms with Gasteiger partial charge in [0.05, 0.1) is 5.52 Å². The maximum Gasteiger partial charge on any atom is 0.328 e. The number of carbonyl (C=O) groups excluding carboxylic acids is 3. The van der Waals surface area contributed by atoms with Gasteiger partial charge in [0.25, 0.3) is 5.91 Å². The SMILES string of the molecule is CCCCc1ccc(NC(=O)C(=O)Nn2c(C(=O)Nc3ccc(CC)cc3)cc3cc(Cl)ccc32)cc1. The van der Waals surface area contributed by atoms with E-state index in [4.69, 9.17) is 11.6 Å². The van der Waals surface area contributed by atoms with E-state index in [9.17, 15) is 14.4 Å². The van der Waals surface area contributed by atoms with Crippen LogP contribution in [0.2, 0.25) is 5.02 Å². The molecule has 3 amide bonds. The van der Waals surface area contributed by atoms with Crippen LogP contribution in [0.4, 0.5) is 11.4 Å². The highest BCUT2D eigenvalue weighted by atomic mass is 35.5. The Bertz CT molecular complexity index is 1430. The molecule has 1 aromatic heterocycles. The lowest BCUT2D eigenvalue weighted by atomic mass is 10.1. The number of hydrogen-bond donors (Lipinski definition) is 3. The lowest BCUT2D eigenvalue weighted by Gasteiger charge is -2.13. The summed E-state index contributed by atoms with van der Waals surface area (Å²) in [6.45, 7) is 4.19. The molecule has 3 aromatic carbocycles. The number of anilines is 2. The lowest BCUT2D eigenvalue weighted by Crippen LogP contribution is -2.36. The number of nitrogens with zero attached hydrogens (tertiary/aromatic N) is 1. The van der Waals surface area contributed by atoms with Gasteiger partial charge in [-0.05, 0) is 78.9 Å². The molecule has 0 aliphatic carbocycles. The van der Waals surface area contributed by atoms with Gasteiger partial charge in [-0.2, -0.15) is 0 Å². The molecule has 4 rings (SSSR count). The first-order chi connectivity index (χ1) is 17.9. The van der Waals surface area contributed by atoms with Crippen molar-refractivity contribution in [1.82, 2.24) is 4.68 Å². The Morgan fingerprint density at radius 2 is 1.43 bits per heavy atom. The van der Waals surface area contributed by atoms with Crippen molar-refractivity contribution in [1.29, 1.82) is 0 Å². The van der Waals surface area contributed by atoms with Crippen LogP contribution in [-0.2, 0) is 22.4 Å². The molecule has 0 saturated heterocycles. The topological polar surface area (TPSA) is 92.2 Å². The molecule has 0 fully saturated rings. The summed E-state index contributed by atoms with van der Waals surface area (Å²) < 4.78 is 1.30. The second-order valence-electron chi connectivity index (χ2n) is 8.77. The summed E-state index contributed by atoms with van der Waals surface area (Å²) in [6, 6.07) is 21.6. The summed E-state index contributed by atoms with van der Waals surface area (Å²) >= 11 is 6.14. The number of unbranched alkanes of at least 4 members (excludes halogenated alkanes) is 1. The third-order valence-electron chi connectivity index (χ3n) is 6.07. The van der Waals surface area contributed by atoms with Crippen molar-refractivity contribution in [3.8, 4) is 0 Å². The zero-order chi connectivity index (χ0) is 26.4.